The zero-order chi connectivity index (χ0) is 11.3. The molecule has 1 saturated heterocycles. The van der Waals surface area contributed by atoms with Gasteiger partial charge in [-0.3, -0.25) is 14.9 Å². The Bertz CT molecular complexity index is 242. The SMILES string of the molecule is CCN(CC(=O)NC)C(=O)C1CSCN1. The smallest absolute Gasteiger partial charge is 0.241 e. The number of amides is 2. The van der Waals surface area contributed by atoms with E-state index in [-0.39, 0.29) is 24.4 Å². The summed E-state index contributed by atoms with van der Waals surface area (Å²) in [6.45, 7) is 2.59. The van der Waals surface area contributed by atoms with Crippen molar-refractivity contribution in [3.8, 4) is 0 Å². The first-order valence-corrected chi connectivity index (χ1v) is 6.15. The van der Waals surface area contributed by atoms with Gasteiger partial charge in [0.05, 0.1) is 12.6 Å². The lowest BCUT2D eigenvalue weighted by molar-refractivity contribution is -0.136. The van der Waals surface area contributed by atoms with Crippen LogP contribution < -0.4 is 10.6 Å². The fraction of sp³-hybridized carbons (Fsp3) is 0.778. The van der Waals surface area contributed by atoms with Crippen LogP contribution in [0.2, 0.25) is 0 Å². The summed E-state index contributed by atoms with van der Waals surface area (Å²) in [5.41, 5.74) is 0. The molecule has 6 heteroatoms. The minimum Gasteiger partial charge on any atom is -0.358 e. The topological polar surface area (TPSA) is 61.4 Å². The quantitative estimate of drug-likeness (QED) is 0.668. The van der Waals surface area contributed by atoms with Gasteiger partial charge in [-0.2, -0.15) is 0 Å². The van der Waals surface area contributed by atoms with Crippen LogP contribution in [-0.4, -0.2) is 54.5 Å². The van der Waals surface area contributed by atoms with Crippen molar-refractivity contribution < 1.29 is 9.59 Å². The number of nitrogens with zero attached hydrogens (tertiary/aromatic N) is 1. The molecule has 1 aliphatic rings. The standard InChI is InChI=1S/C9H17N3O2S/c1-3-12(4-8(13)10-2)9(14)7-5-15-6-11-7/h7,11H,3-6H2,1-2H3,(H,10,13). The average molecular weight is 231 g/mol. The Balaban J connectivity index is 2.49. The molecule has 1 unspecified atom stereocenters. The lowest BCUT2D eigenvalue weighted by atomic mass is 10.3. The Labute approximate surface area is 94.0 Å². The normalized spacial score (nSPS) is 20.0. The lowest BCUT2D eigenvalue weighted by Gasteiger charge is -2.22. The summed E-state index contributed by atoms with van der Waals surface area (Å²) in [5.74, 6) is 1.50. The molecule has 1 fully saturated rings. The van der Waals surface area contributed by atoms with Crippen molar-refractivity contribution in [1.82, 2.24) is 15.5 Å². The van der Waals surface area contributed by atoms with Crippen LogP contribution in [0.1, 0.15) is 6.92 Å². The van der Waals surface area contributed by atoms with Crippen molar-refractivity contribution >= 4 is 23.6 Å². The molecule has 0 aromatic heterocycles. The molecule has 0 radical (unpaired) electrons. The van der Waals surface area contributed by atoms with Gasteiger partial charge >= 0.3 is 0 Å². The summed E-state index contributed by atoms with van der Waals surface area (Å²) in [5, 5.41) is 5.62. The van der Waals surface area contributed by atoms with E-state index in [0.29, 0.717) is 6.54 Å². The van der Waals surface area contributed by atoms with E-state index in [0.717, 1.165) is 11.6 Å². The monoisotopic (exact) mass is 231 g/mol. The number of likely N-dealkylation sites (N-methyl/N-ethyl adjacent to an activating group) is 2. The van der Waals surface area contributed by atoms with Crippen LogP contribution in [-0.2, 0) is 9.59 Å². The largest absolute Gasteiger partial charge is 0.358 e. The molecule has 2 amide bonds. The third-order valence-electron chi connectivity index (χ3n) is 2.32. The Hall–Kier alpha value is -0.750. The highest BCUT2D eigenvalue weighted by Gasteiger charge is 2.27. The molecule has 1 atom stereocenters. The predicted molar refractivity (Wildman–Crippen MR) is 60.6 cm³/mol. The number of hydrogen-bond acceptors (Lipinski definition) is 4. The minimum absolute atomic E-state index is 0.0195. The fourth-order valence-electron chi connectivity index (χ4n) is 1.37. The molecule has 2 N–H and O–H groups in total. The Kier molecular flexibility index (Phi) is 4.90. The number of nitrogens with one attached hydrogen (secondary N) is 2. The molecule has 0 aliphatic carbocycles. The third kappa shape index (κ3) is 3.39. The molecular weight excluding hydrogens is 214 g/mol. The van der Waals surface area contributed by atoms with Crippen LogP contribution in [0, 0.1) is 0 Å². The summed E-state index contributed by atoms with van der Waals surface area (Å²) in [7, 11) is 1.57. The van der Waals surface area contributed by atoms with Crippen LogP contribution in [0.5, 0.6) is 0 Å². The van der Waals surface area contributed by atoms with E-state index in [1.165, 1.54) is 0 Å². The van der Waals surface area contributed by atoms with Gasteiger partial charge in [-0.05, 0) is 6.92 Å². The molecule has 0 spiro atoms. The molecule has 1 aliphatic heterocycles. The van der Waals surface area contributed by atoms with Crippen molar-refractivity contribution in [3.05, 3.63) is 0 Å². The predicted octanol–water partition coefficient (Wildman–Crippen LogP) is -0.757. The van der Waals surface area contributed by atoms with Gasteiger partial charge < -0.3 is 10.2 Å². The molecule has 15 heavy (non-hydrogen) atoms. The van der Waals surface area contributed by atoms with Crippen molar-refractivity contribution in [2.45, 2.75) is 13.0 Å². The summed E-state index contributed by atoms with van der Waals surface area (Å²) in [4.78, 5) is 24.6. The van der Waals surface area contributed by atoms with E-state index in [9.17, 15) is 9.59 Å². The minimum atomic E-state index is -0.129. The Morgan fingerprint density at radius 1 is 1.60 bits per heavy atom. The highest BCUT2D eigenvalue weighted by Crippen LogP contribution is 2.11. The second-order valence-electron chi connectivity index (χ2n) is 3.30. The Morgan fingerprint density at radius 3 is 2.80 bits per heavy atom. The molecule has 1 rings (SSSR count). The van der Waals surface area contributed by atoms with E-state index in [1.54, 1.807) is 23.7 Å². The van der Waals surface area contributed by atoms with E-state index >= 15 is 0 Å². The van der Waals surface area contributed by atoms with E-state index in [1.807, 2.05) is 6.92 Å². The van der Waals surface area contributed by atoms with Gasteiger partial charge in [-0.1, -0.05) is 0 Å². The summed E-state index contributed by atoms with van der Waals surface area (Å²) in [6, 6.07) is -0.125. The molecule has 86 valence electrons. The highest BCUT2D eigenvalue weighted by atomic mass is 32.2. The first kappa shape index (κ1) is 12.3. The molecule has 0 aromatic rings. The third-order valence-corrected chi connectivity index (χ3v) is 3.26. The maximum atomic E-state index is 11.9. The van der Waals surface area contributed by atoms with Crippen molar-refractivity contribution in [1.29, 1.82) is 0 Å². The molecular formula is C9H17N3O2S. The second kappa shape index (κ2) is 5.97. The molecule has 1 heterocycles. The van der Waals surface area contributed by atoms with Crippen LogP contribution >= 0.6 is 11.8 Å². The first-order chi connectivity index (χ1) is 7.19. The lowest BCUT2D eigenvalue weighted by Crippen LogP contribution is -2.48. The zero-order valence-electron chi connectivity index (χ0n) is 9.08. The van der Waals surface area contributed by atoms with Crippen molar-refractivity contribution in [2.75, 3.05) is 31.8 Å². The van der Waals surface area contributed by atoms with Crippen LogP contribution in [0.25, 0.3) is 0 Å². The number of thioether (sulfide) groups is 1. The average Bonchev–Trinajstić information content (AvgIpc) is 2.77. The van der Waals surface area contributed by atoms with Gasteiger partial charge in [-0.25, -0.2) is 0 Å². The molecule has 5 nitrogen and oxygen atoms in total. The summed E-state index contributed by atoms with van der Waals surface area (Å²) >= 11 is 1.70. The van der Waals surface area contributed by atoms with Gasteiger partial charge in [0, 0.05) is 25.2 Å². The molecule has 0 aromatic carbocycles. The van der Waals surface area contributed by atoms with Gasteiger partial charge in [-0.15, -0.1) is 11.8 Å². The van der Waals surface area contributed by atoms with Gasteiger partial charge in [0.1, 0.15) is 0 Å². The zero-order valence-corrected chi connectivity index (χ0v) is 9.89. The van der Waals surface area contributed by atoms with E-state index in [4.69, 9.17) is 0 Å². The van der Waals surface area contributed by atoms with Crippen molar-refractivity contribution in [2.24, 2.45) is 0 Å². The van der Waals surface area contributed by atoms with E-state index < -0.39 is 0 Å². The fourth-order valence-corrected chi connectivity index (χ4v) is 2.31. The van der Waals surface area contributed by atoms with Gasteiger partial charge in [0.25, 0.3) is 0 Å². The number of rotatable bonds is 4. The molecule has 0 saturated carbocycles. The maximum Gasteiger partial charge on any atom is 0.241 e. The van der Waals surface area contributed by atoms with Gasteiger partial charge in [0.15, 0.2) is 0 Å². The van der Waals surface area contributed by atoms with Gasteiger partial charge in [0.2, 0.25) is 11.8 Å². The Morgan fingerprint density at radius 2 is 2.33 bits per heavy atom. The van der Waals surface area contributed by atoms with Crippen LogP contribution in [0.3, 0.4) is 0 Å². The van der Waals surface area contributed by atoms with Crippen LogP contribution in [0.4, 0.5) is 0 Å². The number of carbonyl (C=O) groups is 2. The van der Waals surface area contributed by atoms with Crippen LogP contribution in [0.15, 0.2) is 0 Å². The molecule has 0 bridgehead atoms. The number of carbonyl (C=O) groups excluding carboxylic acids is 2. The first-order valence-electron chi connectivity index (χ1n) is 4.99. The second-order valence-corrected chi connectivity index (χ2v) is 4.33. The summed E-state index contributed by atoms with van der Waals surface area (Å²) in [6.07, 6.45) is 0. The maximum absolute atomic E-state index is 11.9. The highest BCUT2D eigenvalue weighted by molar-refractivity contribution is 7.99. The number of hydrogen-bond donors (Lipinski definition) is 2. The van der Waals surface area contributed by atoms with Crippen molar-refractivity contribution in [3.63, 3.8) is 0 Å². The summed E-state index contributed by atoms with van der Waals surface area (Å²) < 4.78 is 0. The van der Waals surface area contributed by atoms with E-state index in [2.05, 4.69) is 10.6 Å².